The number of rotatable bonds is 45. The first-order chi connectivity index (χ1) is 30.4. The molecule has 0 fully saturated rings. The van der Waals surface area contributed by atoms with Gasteiger partial charge in [0.15, 0.2) is 6.10 Å². The van der Waals surface area contributed by atoms with Gasteiger partial charge in [0.1, 0.15) is 19.8 Å². The summed E-state index contributed by atoms with van der Waals surface area (Å²) in [5, 5.41) is 10.3. The number of aliphatic hydroxyl groups is 1. The second kappa shape index (κ2) is 43.6. The molecule has 0 aliphatic heterocycles. The van der Waals surface area contributed by atoms with Crippen LogP contribution in [0, 0.1) is 0 Å². The van der Waals surface area contributed by atoms with Gasteiger partial charge >= 0.3 is 11.9 Å². The van der Waals surface area contributed by atoms with Crippen molar-refractivity contribution >= 4 is 19.8 Å². The van der Waals surface area contributed by atoms with Crippen LogP contribution in [0.15, 0.2) is 60.8 Å². The minimum absolute atomic E-state index is 0.00616. The number of quaternary nitrogens is 1. The number of esters is 2. The molecule has 0 aromatic heterocycles. The van der Waals surface area contributed by atoms with Gasteiger partial charge in [0.2, 0.25) is 0 Å². The van der Waals surface area contributed by atoms with Gasteiger partial charge in [0, 0.05) is 12.8 Å². The number of phosphoric acid groups is 1. The predicted molar refractivity (Wildman–Crippen MR) is 260 cm³/mol. The lowest BCUT2D eigenvalue weighted by molar-refractivity contribution is -0.870. The van der Waals surface area contributed by atoms with Gasteiger partial charge in [-0.3, -0.25) is 14.2 Å². The Balaban J connectivity index is 4.40. The van der Waals surface area contributed by atoms with Gasteiger partial charge in [-0.1, -0.05) is 203 Å². The van der Waals surface area contributed by atoms with Gasteiger partial charge < -0.3 is 33.0 Å². The second-order valence-electron chi connectivity index (χ2n) is 18.0. The minimum atomic E-state index is -4.69. The largest absolute Gasteiger partial charge is 0.756 e. The van der Waals surface area contributed by atoms with Crippen LogP contribution in [0.3, 0.4) is 0 Å². The summed E-state index contributed by atoms with van der Waals surface area (Å²) in [6.45, 7) is 3.90. The molecule has 0 radical (unpaired) electrons. The highest BCUT2D eigenvalue weighted by Gasteiger charge is 2.22. The first-order valence-corrected chi connectivity index (χ1v) is 26.6. The van der Waals surface area contributed by atoms with Crippen molar-refractivity contribution in [2.75, 3.05) is 47.5 Å². The Kier molecular flexibility index (Phi) is 41.9. The van der Waals surface area contributed by atoms with Crippen molar-refractivity contribution in [2.24, 2.45) is 0 Å². The molecule has 10 nitrogen and oxygen atoms in total. The van der Waals surface area contributed by atoms with Crippen molar-refractivity contribution < 1.29 is 47.2 Å². The molecule has 0 amide bonds. The monoisotopic (exact) mass is 908 g/mol. The Bertz CT molecular complexity index is 1270. The highest BCUT2D eigenvalue weighted by Crippen LogP contribution is 2.38. The highest BCUT2D eigenvalue weighted by atomic mass is 31.2. The molecular weight excluding hydrogens is 814 g/mol. The summed E-state index contributed by atoms with van der Waals surface area (Å²) in [5.41, 5.74) is 0. The molecule has 0 aromatic carbocycles. The Morgan fingerprint density at radius 2 is 1.05 bits per heavy atom. The third-order valence-corrected chi connectivity index (χ3v) is 11.6. The quantitative estimate of drug-likeness (QED) is 0.0158. The highest BCUT2D eigenvalue weighted by molar-refractivity contribution is 7.45. The maximum absolute atomic E-state index is 12.7. The molecule has 0 heterocycles. The zero-order valence-electron chi connectivity index (χ0n) is 40.9. The van der Waals surface area contributed by atoms with E-state index in [-0.39, 0.29) is 26.1 Å². The number of carbonyl (C=O) groups excluding carboxylic acids is 2. The zero-order chi connectivity index (χ0) is 46.5. The van der Waals surface area contributed by atoms with Crippen molar-refractivity contribution in [1.29, 1.82) is 0 Å². The molecule has 0 bridgehead atoms. The van der Waals surface area contributed by atoms with Crippen molar-refractivity contribution in [2.45, 2.75) is 212 Å². The third-order valence-electron chi connectivity index (χ3n) is 10.7. The molecule has 2 unspecified atom stereocenters. The Hall–Kier alpha value is -2.33. The molecule has 0 aliphatic rings. The van der Waals surface area contributed by atoms with E-state index >= 15 is 0 Å². The van der Waals surface area contributed by atoms with Crippen molar-refractivity contribution in [3.05, 3.63) is 60.8 Å². The molecule has 0 aliphatic carbocycles. The van der Waals surface area contributed by atoms with Crippen LogP contribution in [-0.4, -0.2) is 81.2 Å². The predicted octanol–water partition coefficient (Wildman–Crippen LogP) is 13.1. The summed E-state index contributed by atoms with van der Waals surface area (Å²) < 4.78 is 33.8. The Labute approximate surface area is 386 Å². The van der Waals surface area contributed by atoms with Crippen LogP contribution < -0.4 is 4.89 Å². The number of unbranched alkanes of at least 4 members (excludes halogenated alkanes) is 20. The molecule has 3 atom stereocenters. The van der Waals surface area contributed by atoms with Crippen molar-refractivity contribution in [1.82, 2.24) is 0 Å². The van der Waals surface area contributed by atoms with Crippen LogP contribution >= 0.6 is 7.82 Å². The summed E-state index contributed by atoms with van der Waals surface area (Å²) in [7, 11) is 1.04. The van der Waals surface area contributed by atoms with E-state index in [1.807, 2.05) is 33.3 Å². The molecule has 1 N–H and O–H groups in total. The third kappa shape index (κ3) is 47.5. The normalized spacial score (nSPS) is 14.5. The summed E-state index contributed by atoms with van der Waals surface area (Å²) in [5.74, 6) is -1.03. The average Bonchev–Trinajstić information content (AvgIpc) is 3.23. The van der Waals surface area contributed by atoms with E-state index in [2.05, 4.69) is 50.3 Å². The summed E-state index contributed by atoms with van der Waals surface area (Å²) in [6.07, 6.45) is 50.0. The van der Waals surface area contributed by atoms with E-state index in [9.17, 15) is 24.2 Å². The van der Waals surface area contributed by atoms with Gasteiger partial charge in [-0.25, -0.2) is 0 Å². The van der Waals surface area contributed by atoms with E-state index in [4.69, 9.17) is 18.5 Å². The van der Waals surface area contributed by atoms with Crippen LogP contribution in [0.2, 0.25) is 0 Å². The van der Waals surface area contributed by atoms with Crippen LogP contribution in [0.25, 0.3) is 0 Å². The van der Waals surface area contributed by atoms with Crippen molar-refractivity contribution in [3.8, 4) is 0 Å². The van der Waals surface area contributed by atoms with Gasteiger partial charge in [-0.15, -0.1) is 0 Å². The van der Waals surface area contributed by atoms with Gasteiger partial charge in [0.05, 0.1) is 33.9 Å². The number of hydrogen-bond donors (Lipinski definition) is 1. The number of phosphoric ester groups is 1. The smallest absolute Gasteiger partial charge is 0.306 e. The van der Waals surface area contributed by atoms with E-state index in [0.717, 1.165) is 44.9 Å². The molecule has 0 saturated heterocycles. The standard InChI is InChI=1S/C52H94NO9P/c1-6-8-10-12-14-16-18-20-21-22-23-24-25-26-27-29-31-33-35-37-39-43-51(55)59-47-50(48-61-63(57,58)60-46-45-53(3,4)5)62-52(56)44-40-42-49(54)41-38-36-34-32-30-28-19-17-15-13-11-9-7-2/h9,11,15,17,28,30,34,36,38,41,49-50,54H,6-8,10,12-14,16,18-27,29,31-33,35,37,39-40,42-48H2,1-5H3/b11-9-,17-15-,30-28-,36-34-,41-38+/t49?,50-/m1/s1. The van der Waals surface area contributed by atoms with Crippen LogP contribution in [-0.2, 0) is 32.7 Å². The maximum Gasteiger partial charge on any atom is 0.306 e. The number of hydrogen-bond acceptors (Lipinski definition) is 9. The van der Waals surface area contributed by atoms with Crippen LogP contribution in [0.1, 0.15) is 200 Å². The zero-order valence-corrected chi connectivity index (χ0v) is 41.8. The summed E-state index contributed by atoms with van der Waals surface area (Å²) >= 11 is 0. The van der Waals surface area contributed by atoms with Gasteiger partial charge in [0.25, 0.3) is 7.82 Å². The van der Waals surface area contributed by atoms with Crippen LogP contribution in [0.4, 0.5) is 0 Å². The number of ether oxygens (including phenoxy) is 2. The van der Waals surface area contributed by atoms with E-state index in [1.165, 1.54) is 109 Å². The van der Waals surface area contributed by atoms with Crippen molar-refractivity contribution in [3.63, 3.8) is 0 Å². The number of nitrogens with zero attached hydrogens (tertiary/aromatic N) is 1. The van der Waals surface area contributed by atoms with Gasteiger partial charge in [-0.2, -0.15) is 0 Å². The molecule has 0 aromatic rings. The molecule has 11 heteroatoms. The lowest BCUT2D eigenvalue weighted by Gasteiger charge is -2.28. The maximum atomic E-state index is 12.7. The van der Waals surface area contributed by atoms with E-state index in [1.54, 1.807) is 12.2 Å². The number of aliphatic hydroxyl groups excluding tert-OH is 1. The molecule has 366 valence electrons. The first-order valence-electron chi connectivity index (χ1n) is 25.1. The molecular formula is C52H94NO9P. The Morgan fingerprint density at radius 1 is 0.587 bits per heavy atom. The number of allylic oxidation sites excluding steroid dienone is 9. The van der Waals surface area contributed by atoms with E-state index < -0.39 is 38.6 Å². The summed E-state index contributed by atoms with van der Waals surface area (Å²) in [4.78, 5) is 37.7. The molecule has 63 heavy (non-hydrogen) atoms. The summed E-state index contributed by atoms with van der Waals surface area (Å²) in [6, 6.07) is 0. The minimum Gasteiger partial charge on any atom is -0.756 e. The van der Waals surface area contributed by atoms with E-state index in [0.29, 0.717) is 30.3 Å². The van der Waals surface area contributed by atoms with Crippen LogP contribution in [0.5, 0.6) is 0 Å². The fourth-order valence-electron chi connectivity index (χ4n) is 6.74. The second-order valence-corrected chi connectivity index (χ2v) is 19.4. The SMILES string of the molecule is CC/C=C\C/C=C\C/C=C\C/C=C\C=C\C(O)CCCC(=O)O[C@H](COC(=O)CCCCCCCCCCCCCCCCCCCCCCC)COP(=O)([O-])OCC[N+](C)(C)C. The Morgan fingerprint density at radius 3 is 1.54 bits per heavy atom. The molecule has 0 spiro atoms. The average molecular weight is 908 g/mol. The topological polar surface area (TPSA) is 131 Å². The lowest BCUT2D eigenvalue weighted by Crippen LogP contribution is -2.37. The number of carbonyl (C=O) groups is 2. The lowest BCUT2D eigenvalue weighted by atomic mass is 10.0. The number of likely N-dealkylation sites (N-methyl/N-ethyl adjacent to an activating group) is 1. The fourth-order valence-corrected chi connectivity index (χ4v) is 7.47. The fraction of sp³-hybridized carbons (Fsp3) is 0.769. The molecule has 0 saturated carbocycles. The van der Waals surface area contributed by atoms with Gasteiger partial charge in [-0.05, 0) is 44.9 Å². The first kappa shape index (κ1) is 60.7. The molecule has 0 rings (SSSR count).